The van der Waals surface area contributed by atoms with Crippen LogP contribution in [0.1, 0.15) is 27.7 Å². The Labute approximate surface area is 231 Å². The van der Waals surface area contributed by atoms with Gasteiger partial charge in [0.05, 0.1) is 50.8 Å². The van der Waals surface area contributed by atoms with Gasteiger partial charge in [-0.1, -0.05) is 27.4 Å². The van der Waals surface area contributed by atoms with Gasteiger partial charge in [0.15, 0.2) is 29.0 Å². The van der Waals surface area contributed by atoms with Crippen molar-refractivity contribution >= 4 is 28.6 Å². The average molecular weight is 557 g/mol. The fourth-order valence-electron chi connectivity index (χ4n) is 4.12. The van der Waals surface area contributed by atoms with Crippen LogP contribution in [0.4, 0.5) is 20.5 Å². The molecule has 0 aliphatic carbocycles. The zero-order chi connectivity index (χ0) is 29.2. The summed E-state index contributed by atoms with van der Waals surface area (Å²) in [5, 5.41) is 9.91. The summed E-state index contributed by atoms with van der Waals surface area (Å²) < 4.78 is 46.5. The molecule has 1 aromatic carbocycles. The minimum Gasteiger partial charge on any atom is -0.494 e. The molecule has 0 spiro atoms. The van der Waals surface area contributed by atoms with Crippen LogP contribution in [-0.2, 0) is 9.53 Å². The number of halogens is 2. The van der Waals surface area contributed by atoms with Crippen molar-refractivity contribution in [3.8, 4) is 22.8 Å². The van der Waals surface area contributed by atoms with Crippen LogP contribution in [0.5, 0.6) is 11.5 Å². The van der Waals surface area contributed by atoms with Crippen LogP contribution in [0.15, 0.2) is 31.0 Å². The molecule has 0 unspecified atom stereocenters. The molecule has 3 N–H and O–H groups in total. The summed E-state index contributed by atoms with van der Waals surface area (Å²) in [6.07, 6.45) is 2.74. The number of nitrogens with zero attached hydrogens (tertiary/aromatic N) is 3. The quantitative estimate of drug-likeness (QED) is 0.331. The smallest absolute Gasteiger partial charge is 0.243 e. The second-order valence-corrected chi connectivity index (χ2v) is 10.6. The van der Waals surface area contributed by atoms with Gasteiger partial charge in [0.25, 0.3) is 0 Å². The predicted molar refractivity (Wildman–Crippen MR) is 149 cm³/mol. The van der Waals surface area contributed by atoms with E-state index in [2.05, 4.69) is 58.3 Å². The second kappa shape index (κ2) is 11.6. The van der Waals surface area contributed by atoms with Gasteiger partial charge in [-0.2, -0.15) is 0 Å². The third-order valence-corrected chi connectivity index (χ3v) is 6.96. The van der Waals surface area contributed by atoms with E-state index in [-0.39, 0.29) is 52.6 Å². The molecule has 2 aromatic heterocycles. The number of benzene rings is 1. The molecule has 0 saturated carbocycles. The van der Waals surface area contributed by atoms with Crippen LogP contribution < -0.4 is 25.4 Å². The number of fused-ring (bicyclic) bond motifs is 1. The maximum Gasteiger partial charge on any atom is 0.243 e. The van der Waals surface area contributed by atoms with Gasteiger partial charge in [0.1, 0.15) is 5.52 Å². The molecule has 1 amide bonds. The van der Waals surface area contributed by atoms with Crippen LogP contribution in [0.2, 0.25) is 0 Å². The Morgan fingerprint density at radius 3 is 2.38 bits per heavy atom. The number of amides is 1. The van der Waals surface area contributed by atoms with Crippen LogP contribution in [0, 0.1) is 17.0 Å². The predicted octanol–water partition coefficient (Wildman–Crippen LogP) is 4.32. The first-order valence-corrected chi connectivity index (χ1v) is 12.8. The van der Waals surface area contributed by atoms with E-state index in [1.807, 2.05) is 6.92 Å². The highest BCUT2D eigenvalue weighted by Gasteiger charge is 2.30. The van der Waals surface area contributed by atoms with Gasteiger partial charge in [-0.05, 0) is 24.5 Å². The number of nitrogens with one attached hydrogen (secondary N) is 3. The number of carbonyl (C=O) groups is 1. The maximum atomic E-state index is 15.4. The topological polar surface area (TPSA) is 120 Å². The van der Waals surface area contributed by atoms with E-state index in [0.717, 1.165) is 6.07 Å². The molecule has 1 fully saturated rings. The average Bonchev–Trinajstić information content (AvgIpc) is 3.34. The third-order valence-electron chi connectivity index (χ3n) is 6.96. The molecule has 1 aliphatic heterocycles. The molecule has 40 heavy (non-hydrogen) atoms. The molecule has 0 bridgehead atoms. The Morgan fingerprint density at radius 2 is 1.77 bits per heavy atom. The van der Waals surface area contributed by atoms with Crippen LogP contribution in [0.3, 0.4) is 0 Å². The number of rotatable bonds is 9. The van der Waals surface area contributed by atoms with Gasteiger partial charge >= 0.3 is 0 Å². The number of anilines is 2. The van der Waals surface area contributed by atoms with Crippen molar-refractivity contribution in [2.24, 2.45) is 5.41 Å². The van der Waals surface area contributed by atoms with Gasteiger partial charge in [-0.15, -0.1) is 0 Å². The van der Waals surface area contributed by atoms with Crippen molar-refractivity contribution in [1.82, 2.24) is 20.3 Å². The SMILES string of the molecule is C=CC(=O)N[C@H]1COC[C@H]1Nc1ncc2cc(-c3c(F)c(OC)cc(OC)c3F)nc(N[C@@H](C)C(C)(C)C)c2n1. The van der Waals surface area contributed by atoms with E-state index in [1.54, 1.807) is 6.20 Å². The van der Waals surface area contributed by atoms with E-state index >= 15 is 8.78 Å². The first kappa shape index (κ1) is 28.9. The highest BCUT2D eigenvalue weighted by Crippen LogP contribution is 2.39. The molecule has 12 heteroatoms. The summed E-state index contributed by atoms with van der Waals surface area (Å²) in [5.41, 5.74) is -0.107. The zero-order valence-corrected chi connectivity index (χ0v) is 23.4. The Hall–Kier alpha value is -4.06. The first-order valence-electron chi connectivity index (χ1n) is 12.8. The molecule has 10 nitrogen and oxygen atoms in total. The third kappa shape index (κ3) is 5.91. The van der Waals surface area contributed by atoms with Crippen LogP contribution in [0.25, 0.3) is 22.2 Å². The Balaban J connectivity index is 1.82. The molecular weight excluding hydrogens is 522 g/mol. The fraction of sp³-hybridized carbons (Fsp3) is 0.429. The highest BCUT2D eigenvalue weighted by atomic mass is 19.1. The highest BCUT2D eigenvalue weighted by molar-refractivity contribution is 5.92. The normalized spacial score (nSPS) is 17.8. The van der Waals surface area contributed by atoms with E-state index < -0.39 is 17.2 Å². The number of methoxy groups -OCH3 is 2. The molecule has 214 valence electrons. The van der Waals surface area contributed by atoms with Crippen molar-refractivity contribution in [3.63, 3.8) is 0 Å². The number of hydrogen-bond donors (Lipinski definition) is 3. The largest absolute Gasteiger partial charge is 0.494 e. The molecule has 1 aliphatic rings. The van der Waals surface area contributed by atoms with E-state index in [0.29, 0.717) is 29.9 Å². The van der Waals surface area contributed by atoms with E-state index in [9.17, 15) is 4.79 Å². The Morgan fingerprint density at radius 1 is 1.12 bits per heavy atom. The molecule has 3 heterocycles. The number of ether oxygens (including phenoxy) is 3. The number of pyridine rings is 1. The summed E-state index contributed by atoms with van der Waals surface area (Å²) in [7, 11) is 2.58. The summed E-state index contributed by atoms with van der Waals surface area (Å²) in [4.78, 5) is 25.5. The maximum absolute atomic E-state index is 15.4. The Kier molecular flexibility index (Phi) is 8.38. The number of aromatic nitrogens is 3. The molecule has 3 atom stereocenters. The molecule has 3 aromatic rings. The lowest BCUT2D eigenvalue weighted by Crippen LogP contribution is -2.45. The minimum absolute atomic E-state index is 0.0176. The fourth-order valence-corrected chi connectivity index (χ4v) is 4.12. The van der Waals surface area contributed by atoms with Crippen molar-refractivity contribution in [2.45, 2.75) is 45.8 Å². The molecular formula is C28H34F2N6O4. The molecule has 4 rings (SSSR count). The van der Waals surface area contributed by atoms with Crippen LogP contribution in [-0.4, -0.2) is 66.4 Å². The van der Waals surface area contributed by atoms with Crippen molar-refractivity contribution in [2.75, 3.05) is 38.1 Å². The summed E-state index contributed by atoms with van der Waals surface area (Å²) >= 11 is 0. The lowest BCUT2D eigenvalue weighted by atomic mass is 9.88. The summed E-state index contributed by atoms with van der Waals surface area (Å²) in [6.45, 7) is 12.3. The van der Waals surface area contributed by atoms with Gasteiger partial charge in [0.2, 0.25) is 11.9 Å². The van der Waals surface area contributed by atoms with E-state index in [1.165, 1.54) is 26.4 Å². The number of carbonyl (C=O) groups excluding carboxylic acids is 1. The van der Waals surface area contributed by atoms with Crippen molar-refractivity contribution in [1.29, 1.82) is 0 Å². The lowest BCUT2D eigenvalue weighted by molar-refractivity contribution is -0.117. The van der Waals surface area contributed by atoms with Gasteiger partial charge in [-0.3, -0.25) is 4.79 Å². The van der Waals surface area contributed by atoms with Crippen molar-refractivity contribution < 1.29 is 27.8 Å². The van der Waals surface area contributed by atoms with Gasteiger partial charge in [-0.25, -0.2) is 23.7 Å². The summed E-state index contributed by atoms with van der Waals surface area (Å²) in [5.74, 6) is -1.89. The van der Waals surface area contributed by atoms with Crippen molar-refractivity contribution in [3.05, 3.63) is 42.6 Å². The Bertz CT molecular complexity index is 1400. The zero-order valence-electron chi connectivity index (χ0n) is 23.4. The van der Waals surface area contributed by atoms with Crippen LogP contribution >= 0.6 is 0 Å². The minimum atomic E-state index is -0.907. The standard InChI is InChI=1S/C28H34F2N6O4/c1-8-21(37)33-17-12-40-13-18(17)35-27-31-11-15-9-16(22-23(29)19(38-6)10-20(39-7)24(22)30)34-26(25(15)36-27)32-14(2)28(3,4)5/h8-11,14,17-18H,1,12-13H2,2-7H3,(H,32,34)(H,33,37)(H,31,35,36)/t14-,17-,18+/m0/s1. The number of hydrogen-bond acceptors (Lipinski definition) is 9. The second-order valence-electron chi connectivity index (χ2n) is 10.6. The summed E-state index contributed by atoms with van der Waals surface area (Å²) in [6, 6.07) is 1.97. The van der Waals surface area contributed by atoms with E-state index in [4.69, 9.17) is 14.2 Å². The monoisotopic (exact) mass is 556 g/mol. The van der Waals surface area contributed by atoms with Gasteiger partial charge < -0.3 is 30.2 Å². The lowest BCUT2D eigenvalue weighted by Gasteiger charge is -2.29. The first-order chi connectivity index (χ1) is 19.0. The molecule has 1 saturated heterocycles. The van der Waals surface area contributed by atoms with Gasteiger partial charge in [0, 0.05) is 23.7 Å². The molecule has 0 radical (unpaired) electrons.